The zero-order valence-electron chi connectivity index (χ0n) is 10.2. The average molecular weight is 360 g/mol. The van der Waals surface area contributed by atoms with E-state index in [0.29, 0.717) is 11.9 Å². The minimum Gasteiger partial charge on any atom is -0.368 e. The Morgan fingerprint density at radius 2 is 1.68 bits per heavy atom. The molecule has 0 aliphatic rings. The molecule has 0 saturated carbocycles. The lowest BCUT2D eigenvalue weighted by Gasteiger charge is -2.16. The Bertz CT molecular complexity index is 545. The van der Waals surface area contributed by atoms with Crippen LogP contribution in [0.15, 0.2) is 48.5 Å². The molecule has 0 aliphatic heterocycles. The molecule has 100 valence electrons. The predicted molar refractivity (Wildman–Crippen MR) is 84.2 cm³/mol. The summed E-state index contributed by atoms with van der Waals surface area (Å²) < 4.78 is 5.91. The molecule has 1 nitrogen and oxygen atoms in total. The number of ether oxygens (including phenoxy) is 1. The van der Waals surface area contributed by atoms with Crippen molar-refractivity contribution in [3.05, 3.63) is 69.7 Å². The van der Waals surface area contributed by atoms with Gasteiger partial charge in [-0.25, -0.2) is 0 Å². The third-order valence-electron chi connectivity index (χ3n) is 2.70. The SMILES string of the molecule is Clc1cccc(COC(CBr)c2cccc(Cl)c2)c1. The van der Waals surface area contributed by atoms with Gasteiger partial charge in [-0.2, -0.15) is 0 Å². The van der Waals surface area contributed by atoms with Crippen molar-refractivity contribution in [2.45, 2.75) is 12.7 Å². The highest BCUT2D eigenvalue weighted by molar-refractivity contribution is 9.09. The number of hydrogen-bond donors (Lipinski definition) is 0. The molecule has 4 heteroatoms. The molecule has 1 unspecified atom stereocenters. The zero-order valence-corrected chi connectivity index (χ0v) is 13.3. The van der Waals surface area contributed by atoms with Gasteiger partial charge in [0.2, 0.25) is 0 Å². The Balaban J connectivity index is 2.04. The van der Waals surface area contributed by atoms with Gasteiger partial charge in [0.25, 0.3) is 0 Å². The van der Waals surface area contributed by atoms with E-state index in [9.17, 15) is 0 Å². The predicted octanol–water partition coefficient (Wildman–Crippen LogP) is 5.65. The fourth-order valence-corrected chi connectivity index (χ4v) is 2.73. The van der Waals surface area contributed by atoms with Gasteiger partial charge in [0, 0.05) is 15.4 Å². The second kappa shape index (κ2) is 7.30. The quantitative estimate of drug-likeness (QED) is 0.627. The molecule has 0 heterocycles. The highest BCUT2D eigenvalue weighted by atomic mass is 79.9. The molecular formula is C15H13BrCl2O. The second-order valence-electron chi connectivity index (χ2n) is 4.14. The van der Waals surface area contributed by atoms with Gasteiger partial charge >= 0.3 is 0 Å². The summed E-state index contributed by atoms with van der Waals surface area (Å²) in [7, 11) is 0. The Morgan fingerprint density at radius 1 is 1.00 bits per heavy atom. The van der Waals surface area contributed by atoms with Crippen LogP contribution in [0.4, 0.5) is 0 Å². The summed E-state index contributed by atoms with van der Waals surface area (Å²) in [5.74, 6) is 0. The van der Waals surface area contributed by atoms with Crippen LogP contribution in [0.3, 0.4) is 0 Å². The van der Waals surface area contributed by atoms with E-state index in [2.05, 4.69) is 15.9 Å². The third-order valence-corrected chi connectivity index (χ3v) is 3.76. The molecule has 2 rings (SSSR count). The van der Waals surface area contributed by atoms with Crippen molar-refractivity contribution < 1.29 is 4.74 Å². The van der Waals surface area contributed by atoms with E-state index < -0.39 is 0 Å². The zero-order chi connectivity index (χ0) is 13.7. The van der Waals surface area contributed by atoms with Crippen LogP contribution >= 0.6 is 39.1 Å². The number of hydrogen-bond acceptors (Lipinski definition) is 1. The Morgan fingerprint density at radius 3 is 2.32 bits per heavy atom. The Kier molecular flexibility index (Phi) is 5.71. The maximum Gasteiger partial charge on any atom is 0.0926 e. The molecule has 0 fully saturated rings. The number of alkyl halides is 1. The maximum absolute atomic E-state index is 6.00. The van der Waals surface area contributed by atoms with E-state index in [4.69, 9.17) is 27.9 Å². The summed E-state index contributed by atoms with van der Waals surface area (Å²) in [5, 5.41) is 2.16. The fourth-order valence-electron chi connectivity index (χ4n) is 1.76. The molecule has 0 saturated heterocycles. The van der Waals surface area contributed by atoms with Crippen molar-refractivity contribution in [3.8, 4) is 0 Å². The van der Waals surface area contributed by atoms with E-state index in [0.717, 1.165) is 21.2 Å². The lowest BCUT2D eigenvalue weighted by Crippen LogP contribution is -2.06. The molecule has 1 atom stereocenters. The molecule has 0 radical (unpaired) electrons. The fraction of sp³-hybridized carbons (Fsp3) is 0.200. The van der Waals surface area contributed by atoms with Gasteiger partial charge in [0.05, 0.1) is 12.7 Å². The Labute approximate surface area is 131 Å². The third kappa shape index (κ3) is 4.50. The number of rotatable bonds is 5. The molecular weight excluding hydrogens is 347 g/mol. The van der Waals surface area contributed by atoms with Crippen molar-refractivity contribution in [2.24, 2.45) is 0 Å². The van der Waals surface area contributed by atoms with Gasteiger partial charge in [-0.05, 0) is 35.4 Å². The smallest absolute Gasteiger partial charge is 0.0926 e. The van der Waals surface area contributed by atoms with Crippen molar-refractivity contribution in [1.29, 1.82) is 0 Å². The monoisotopic (exact) mass is 358 g/mol. The average Bonchev–Trinajstić information content (AvgIpc) is 2.40. The van der Waals surface area contributed by atoms with Crippen molar-refractivity contribution in [2.75, 3.05) is 5.33 Å². The van der Waals surface area contributed by atoms with Crippen LogP contribution in [0.1, 0.15) is 17.2 Å². The van der Waals surface area contributed by atoms with Crippen LogP contribution in [0, 0.1) is 0 Å². The van der Waals surface area contributed by atoms with Crippen LogP contribution in [0.2, 0.25) is 10.0 Å². The van der Waals surface area contributed by atoms with Gasteiger partial charge in [-0.1, -0.05) is 63.4 Å². The minimum atomic E-state index is -0.0299. The lowest BCUT2D eigenvalue weighted by molar-refractivity contribution is 0.0566. The number of halogens is 3. The molecule has 2 aromatic rings. The van der Waals surface area contributed by atoms with E-state index >= 15 is 0 Å². The van der Waals surface area contributed by atoms with Gasteiger partial charge in [-0.15, -0.1) is 0 Å². The number of benzene rings is 2. The molecule has 0 N–H and O–H groups in total. The van der Waals surface area contributed by atoms with Gasteiger partial charge < -0.3 is 4.74 Å². The van der Waals surface area contributed by atoms with Gasteiger partial charge in [0.1, 0.15) is 0 Å². The molecule has 0 bridgehead atoms. The minimum absolute atomic E-state index is 0.0299. The van der Waals surface area contributed by atoms with Crippen LogP contribution in [0.5, 0.6) is 0 Å². The van der Waals surface area contributed by atoms with Crippen molar-refractivity contribution in [3.63, 3.8) is 0 Å². The first-order valence-corrected chi connectivity index (χ1v) is 7.74. The second-order valence-corrected chi connectivity index (χ2v) is 5.66. The standard InChI is InChI=1S/C15H13BrCl2O/c16-9-15(12-4-2-6-14(18)8-12)19-10-11-3-1-5-13(17)7-11/h1-8,15H,9-10H2. The molecule has 19 heavy (non-hydrogen) atoms. The first kappa shape index (κ1) is 14.9. The lowest BCUT2D eigenvalue weighted by atomic mass is 10.1. The first-order valence-electron chi connectivity index (χ1n) is 5.86. The topological polar surface area (TPSA) is 9.23 Å². The largest absolute Gasteiger partial charge is 0.368 e. The molecule has 2 aromatic carbocycles. The van der Waals surface area contributed by atoms with E-state index in [1.807, 2.05) is 48.5 Å². The molecule has 0 aliphatic carbocycles. The van der Waals surface area contributed by atoms with Crippen LogP contribution in [-0.4, -0.2) is 5.33 Å². The molecule has 0 spiro atoms. The van der Waals surface area contributed by atoms with E-state index in [1.54, 1.807) is 0 Å². The highest BCUT2D eigenvalue weighted by Gasteiger charge is 2.11. The Hall–Kier alpha value is -0.540. The van der Waals surface area contributed by atoms with Crippen LogP contribution in [-0.2, 0) is 11.3 Å². The summed E-state index contributed by atoms with van der Waals surface area (Å²) in [6.45, 7) is 0.517. The van der Waals surface area contributed by atoms with Gasteiger partial charge in [0.15, 0.2) is 0 Å². The van der Waals surface area contributed by atoms with Gasteiger partial charge in [-0.3, -0.25) is 0 Å². The summed E-state index contributed by atoms with van der Waals surface area (Å²) in [4.78, 5) is 0. The summed E-state index contributed by atoms with van der Waals surface area (Å²) in [6.07, 6.45) is -0.0299. The summed E-state index contributed by atoms with van der Waals surface area (Å²) >= 11 is 15.4. The maximum atomic E-state index is 6.00. The summed E-state index contributed by atoms with van der Waals surface area (Å²) in [5.41, 5.74) is 2.12. The summed E-state index contributed by atoms with van der Waals surface area (Å²) in [6, 6.07) is 15.4. The van der Waals surface area contributed by atoms with E-state index in [-0.39, 0.29) is 6.10 Å². The van der Waals surface area contributed by atoms with Crippen LogP contribution < -0.4 is 0 Å². The first-order chi connectivity index (χ1) is 9.19. The van der Waals surface area contributed by atoms with Crippen molar-refractivity contribution >= 4 is 39.1 Å². The normalized spacial score (nSPS) is 12.4. The van der Waals surface area contributed by atoms with Crippen LogP contribution in [0.25, 0.3) is 0 Å². The van der Waals surface area contributed by atoms with Crippen molar-refractivity contribution in [1.82, 2.24) is 0 Å². The molecule has 0 amide bonds. The highest BCUT2D eigenvalue weighted by Crippen LogP contribution is 2.24. The molecule has 0 aromatic heterocycles. The van der Waals surface area contributed by atoms with E-state index in [1.165, 1.54) is 0 Å².